The van der Waals surface area contributed by atoms with Crippen LogP contribution >= 0.6 is 11.3 Å². The zero-order chi connectivity index (χ0) is 14.1. The Bertz CT molecular complexity index is 524. The number of carboxylic acid groups (broad SMARTS) is 1. The van der Waals surface area contributed by atoms with E-state index in [0.717, 1.165) is 17.0 Å². The number of fused-ring (bicyclic) bond motifs is 1. The van der Waals surface area contributed by atoms with Gasteiger partial charge in [-0.15, -0.1) is 11.3 Å². The molecular weight excluding hydrogens is 280 g/mol. The van der Waals surface area contributed by atoms with Gasteiger partial charge in [0, 0.05) is 24.5 Å². The molecule has 0 aliphatic carbocycles. The second-order valence-corrected chi connectivity index (χ2v) is 5.89. The summed E-state index contributed by atoms with van der Waals surface area (Å²) in [7, 11) is 0. The molecule has 0 radical (unpaired) electrons. The van der Waals surface area contributed by atoms with E-state index in [1.54, 1.807) is 17.4 Å². The zero-order valence-corrected chi connectivity index (χ0v) is 11.7. The lowest BCUT2D eigenvalue weighted by Crippen LogP contribution is -2.53. The van der Waals surface area contributed by atoms with Gasteiger partial charge in [0.1, 0.15) is 6.10 Å². The first-order valence-corrected chi connectivity index (χ1v) is 7.48. The number of rotatable bonds is 2. The lowest BCUT2D eigenvalue weighted by molar-refractivity contribution is -0.158. The highest BCUT2D eigenvalue weighted by atomic mass is 32.1. The largest absolute Gasteiger partial charge is 0.479 e. The van der Waals surface area contributed by atoms with E-state index in [1.807, 2.05) is 5.38 Å². The van der Waals surface area contributed by atoms with E-state index in [2.05, 4.69) is 5.32 Å². The van der Waals surface area contributed by atoms with Crippen LogP contribution < -0.4 is 5.32 Å². The van der Waals surface area contributed by atoms with Crippen LogP contribution in [0.2, 0.25) is 0 Å². The number of hydrogen-bond acceptors (Lipinski definition) is 5. The number of carboxylic acids is 1. The maximum Gasteiger partial charge on any atom is 0.331 e. The van der Waals surface area contributed by atoms with Gasteiger partial charge in [-0.2, -0.15) is 0 Å². The van der Waals surface area contributed by atoms with Gasteiger partial charge < -0.3 is 20.1 Å². The lowest BCUT2D eigenvalue weighted by atomic mass is 9.99. The molecule has 2 N–H and O–H groups in total. The van der Waals surface area contributed by atoms with Crippen LogP contribution in [0.1, 0.15) is 16.5 Å². The van der Waals surface area contributed by atoms with Crippen LogP contribution in [0.3, 0.4) is 0 Å². The van der Waals surface area contributed by atoms with Crippen molar-refractivity contribution in [3.8, 4) is 0 Å². The number of carbonyl (C=O) groups excluding carboxylic acids is 1. The molecule has 0 saturated carbocycles. The first kappa shape index (κ1) is 13.5. The number of hydrogen-bond donors (Lipinski definition) is 2. The monoisotopic (exact) mass is 296 g/mol. The Morgan fingerprint density at radius 2 is 2.35 bits per heavy atom. The van der Waals surface area contributed by atoms with Crippen LogP contribution in [-0.4, -0.2) is 54.2 Å². The van der Waals surface area contributed by atoms with E-state index in [-0.39, 0.29) is 5.91 Å². The standard InChI is InChI=1S/C13H16N2O4S/c16-12(9-7-14-3-5-19-9)15-4-1-10-8(2-6-20-10)11(15)13(17)18/h2,6,9,11,14H,1,3-5,7H2,(H,17,18). The van der Waals surface area contributed by atoms with Crippen LogP contribution in [0.4, 0.5) is 0 Å². The second kappa shape index (κ2) is 5.51. The molecule has 6 nitrogen and oxygen atoms in total. The average molecular weight is 296 g/mol. The molecule has 3 rings (SSSR count). The van der Waals surface area contributed by atoms with E-state index in [1.165, 1.54) is 4.90 Å². The fourth-order valence-electron chi connectivity index (χ4n) is 2.73. The van der Waals surface area contributed by atoms with Gasteiger partial charge in [0.15, 0.2) is 6.04 Å². The number of thiophene rings is 1. The molecule has 0 bridgehead atoms. The molecule has 0 aromatic carbocycles. The molecule has 2 aliphatic rings. The van der Waals surface area contributed by atoms with Crippen molar-refractivity contribution in [2.75, 3.05) is 26.2 Å². The van der Waals surface area contributed by atoms with Crippen LogP contribution in [0.15, 0.2) is 11.4 Å². The summed E-state index contributed by atoms with van der Waals surface area (Å²) in [6.07, 6.45) is 0.133. The summed E-state index contributed by atoms with van der Waals surface area (Å²) in [5, 5.41) is 14.5. The minimum absolute atomic E-state index is 0.235. The molecule has 0 spiro atoms. The van der Waals surface area contributed by atoms with Gasteiger partial charge in [-0.25, -0.2) is 4.79 Å². The SMILES string of the molecule is O=C(O)C1c2ccsc2CCN1C(=O)C1CNCCO1. The van der Waals surface area contributed by atoms with Gasteiger partial charge in [0.2, 0.25) is 0 Å². The molecule has 2 unspecified atom stereocenters. The summed E-state index contributed by atoms with van der Waals surface area (Å²) in [4.78, 5) is 26.6. The van der Waals surface area contributed by atoms with Crippen molar-refractivity contribution in [3.63, 3.8) is 0 Å². The summed E-state index contributed by atoms with van der Waals surface area (Å²) in [5.74, 6) is -1.22. The Labute approximate surface area is 120 Å². The molecule has 108 valence electrons. The quantitative estimate of drug-likeness (QED) is 0.818. The summed E-state index contributed by atoms with van der Waals surface area (Å²) < 4.78 is 5.45. The second-order valence-electron chi connectivity index (χ2n) is 4.89. The van der Waals surface area contributed by atoms with E-state index >= 15 is 0 Å². The highest BCUT2D eigenvalue weighted by Gasteiger charge is 2.39. The minimum atomic E-state index is -0.985. The number of morpholine rings is 1. The van der Waals surface area contributed by atoms with Gasteiger partial charge >= 0.3 is 5.97 Å². The predicted molar refractivity (Wildman–Crippen MR) is 72.7 cm³/mol. The third-order valence-electron chi connectivity index (χ3n) is 3.69. The van der Waals surface area contributed by atoms with Crippen molar-refractivity contribution in [1.82, 2.24) is 10.2 Å². The molecule has 1 aromatic heterocycles. The molecule has 3 heterocycles. The lowest BCUT2D eigenvalue weighted by Gasteiger charge is -2.36. The topological polar surface area (TPSA) is 78.9 Å². The van der Waals surface area contributed by atoms with Gasteiger partial charge in [-0.1, -0.05) is 0 Å². The van der Waals surface area contributed by atoms with Crippen molar-refractivity contribution < 1.29 is 19.4 Å². The van der Waals surface area contributed by atoms with E-state index < -0.39 is 18.1 Å². The molecular formula is C13H16N2O4S. The third-order valence-corrected chi connectivity index (χ3v) is 4.68. The van der Waals surface area contributed by atoms with Gasteiger partial charge in [-0.3, -0.25) is 4.79 Å². The van der Waals surface area contributed by atoms with Crippen LogP contribution in [-0.2, 0) is 20.7 Å². The Morgan fingerprint density at radius 3 is 3.05 bits per heavy atom. The number of amides is 1. The number of aliphatic carboxylic acids is 1. The minimum Gasteiger partial charge on any atom is -0.479 e. The van der Waals surface area contributed by atoms with Gasteiger partial charge in [-0.05, 0) is 23.4 Å². The van der Waals surface area contributed by atoms with E-state index in [9.17, 15) is 14.7 Å². The summed E-state index contributed by atoms with van der Waals surface area (Å²) in [6.45, 7) is 2.08. The summed E-state index contributed by atoms with van der Waals surface area (Å²) >= 11 is 1.55. The Morgan fingerprint density at radius 1 is 1.50 bits per heavy atom. The van der Waals surface area contributed by atoms with Crippen molar-refractivity contribution in [1.29, 1.82) is 0 Å². The molecule has 1 aromatic rings. The van der Waals surface area contributed by atoms with Crippen molar-refractivity contribution >= 4 is 23.2 Å². The van der Waals surface area contributed by atoms with Gasteiger partial charge in [0.25, 0.3) is 5.91 Å². The van der Waals surface area contributed by atoms with Crippen molar-refractivity contribution in [2.45, 2.75) is 18.6 Å². The summed E-state index contributed by atoms with van der Waals surface area (Å²) in [5.41, 5.74) is 0.742. The van der Waals surface area contributed by atoms with E-state index in [4.69, 9.17) is 4.74 Å². The maximum absolute atomic E-state index is 12.5. The number of carbonyl (C=O) groups is 2. The maximum atomic E-state index is 12.5. The molecule has 1 amide bonds. The van der Waals surface area contributed by atoms with Crippen molar-refractivity contribution in [2.24, 2.45) is 0 Å². The zero-order valence-electron chi connectivity index (χ0n) is 10.9. The number of nitrogens with zero attached hydrogens (tertiary/aromatic N) is 1. The number of ether oxygens (including phenoxy) is 1. The fraction of sp³-hybridized carbons (Fsp3) is 0.538. The van der Waals surface area contributed by atoms with Crippen LogP contribution in [0, 0.1) is 0 Å². The highest BCUT2D eigenvalue weighted by molar-refractivity contribution is 7.10. The Balaban J connectivity index is 1.85. The summed E-state index contributed by atoms with van der Waals surface area (Å²) in [6, 6.07) is 0.918. The van der Waals surface area contributed by atoms with Crippen LogP contribution in [0.5, 0.6) is 0 Å². The molecule has 2 atom stereocenters. The fourth-order valence-corrected chi connectivity index (χ4v) is 3.63. The molecule has 7 heteroatoms. The Hall–Kier alpha value is -1.44. The normalized spacial score (nSPS) is 26.1. The van der Waals surface area contributed by atoms with Gasteiger partial charge in [0.05, 0.1) is 6.61 Å². The first-order valence-electron chi connectivity index (χ1n) is 6.60. The third kappa shape index (κ3) is 2.32. The first-order chi connectivity index (χ1) is 9.68. The van der Waals surface area contributed by atoms with E-state index in [0.29, 0.717) is 26.1 Å². The van der Waals surface area contributed by atoms with Crippen molar-refractivity contribution in [3.05, 3.63) is 21.9 Å². The molecule has 1 saturated heterocycles. The smallest absolute Gasteiger partial charge is 0.331 e. The molecule has 2 aliphatic heterocycles. The van der Waals surface area contributed by atoms with Crippen LogP contribution in [0.25, 0.3) is 0 Å². The molecule has 1 fully saturated rings. The number of nitrogens with one attached hydrogen (secondary N) is 1. The predicted octanol–water partition coefficient (Wildman–Crippen LogP) is 0.247. The highest BCUT2D eigenvalue weighted by Crippen LogP contribution is 2.34. The Kier molecular flexibility index (Phi) is 3.73. The molecule has 20 heavy (non-hydrogen) atoms. The average Bonchev–Trinajstić information content (AvgIpc) is 2.94.